The largest absolute Gasteiger partial charge is 0.462 e. The quantitative estimate of drug-likeness (QED) is 0.696. The monoisotopic (exact) mass is 329 g/mol. The van der Waals surface area contributed by atoms with E-state index in [4.69, 9.17) is 10.2 Å². The Morgan fingerprint density at radius 1 is 1.04 bits per heavy atom. The second-order valence-corrected chi connectivity index (χ2v) is 6.93. The Labute approximate surface area is 149 Å². The molecule has 0 unspecified atom stereocenters. The van der Waals surface area contributed by atoms with Gasteiger partial charge in [-0.15, -0.1) is 0 Å². The van der Waals surface area contributed by atoms with Gasteiger partial charge in [-0.3, -0.25) is 0 Å². The summed E-state index contributed by atoms with van der Waals surface area (Å²) >= 11 is 0. The molecule has 1 aliphatic carbocycles. The van der Waals surface area contributed by atoms with Crippen molar-refractivity contribution in [3.8, 4) is 11.1 Å². The standard InChI is InChI=1S/C23H23NO/c1-14-9-19-11-20(22-8-7-15(2)25-22)12-21(19)23(16(14)3)18-6-4-5-17(10-18)13-24/h4-10,12H,11,13,24H2,1-3H3. The molecule has 2 nitrogen and oxygen atoms in total. The van der Waals surface area contributed by atoms with Crippen molar-refractivity contribution < 1.29 is 4.42 Å². The lowest BCUT2D eigenvalue weighted by atomic mass is 9.89. The van der Waals surface area contributed by atoms with Crippen LogP contribution in [0.1, 0.15) is 39.3 Å². The maximum absolute atomic E-state index is 5.86. The van der Waals surface area contributed by atoms with Gasteiger partial charge in [0.1, 0.15) is 11.5 Å². The third-order valence-corrected chi connectivity index (χ3v) is 5.18. The summed E-state index contributed by atoms with van der Waals surface area (Å²) in [6, 6.07) is 15.0. The van der Waals surface area contributed by atoms with E-state index in [0.717, 1.165) is 23.5 Å². The minimum atomic E-state index is 0.563. The van der Waals surface area contributed by atoms with E-state index in [9.17, 15) is 0 Å². The zero-order valence-electron chi connectivity index (χ0n) is 15.0. The van der Waals surface area contributed by atoms with E-state index in [1.54, 1.807) is 0 Å². The molecule has 1 aliphatic rings. The highest BCUT2D eigenvalue weighted by Crippen LogP contribution is 2.41. The van der Waals surface area contributed by atoms with Crippen LogP contribution in [-0.4, -0.2) is 0 Å². The van der Waals surface area contributed by atoms with Crippen LogP contribution in [0.25, 0.3) is 22.8 Å². The van der Waals surface area contributed by atoms with Crippen LogP contribution in [0.4, 0.5) is 0 Å². The number of rotatable bonds is 3. The van der Waals surface area contributed by atoms with E-state index < -0.39 is 0 Å². The van der Waals surface area contributed by atoms with Gasteiger partial charge in [0.15, 0.2) is 0 Å². The predicted octanol–water partition coefficient (Wildman–Crippen LogP) is 5.43. The van der Waals surface area contributed by atoms with E-state index >= 15 is 0 Å². The number of furan rings is 1. The number of allylic oxidation sites excluding steroid dienone is 1. The summed E-state index contributed by atoms with van der Waals surface area (Å²) in [6.45, 7) is 6.96. The second-order valence-electron chi connectivity index (χ2n) is 6.93. The van der Waals surface area contributed by atoms with E-state index in [2.05, 4.69) is 56.3 Å². The van der Waals surface area contributed by atoms with Gasteiger partial charge in [-0.05, 0) is 89.6 Å². The lowest BCUT2D eigenvalue weighted by Gasteiger charge is -2.15. The number of hydrogen-bond donors (Lipinski definition) is 1. The van der Waals surface area contributed by atoms with Crippen molar-refractivity contribution in [2.45, 2.75) is 33.7 Å². The van der Waals surface area contributed by atoms with Crippen molar-refractivity contribution in [1.82, 2.24) is 0 Å². The Kier molecular flexibility index (Phi) is 3.85. The first kappa shape index (κ1) is 15.9. The van der Waals surface area contributed by atoms with Crippen LogP contribution in [0.3, 0.4) is 0 Å². The molecular weight excluding hydrogens is 306 g/mol. The fourth-order valence-corrected chi connectivity index (χ4v) is 3.74. The molecule has 4 rings (SSSR count). The molecule has 0 spiro atoms. The number of fused-ring (bicyclic) bond motifs is 1. The average Bonchev–Trinajstić information content (AvgIpc) is 3.22. The van der Waals surface area contributed by atoms with Crippen molar-refractivity contribution >= 4 is 11.6 Å². The van der Waals surface area contributed by atoms with Gasteiger partial charge in [-0.1, -0.05) is 24.3 Å². The highest BCUT2D eigenvalue weighted by molar-refractivity contribution is 5.94. The van der Waals surface area contributed by atoms with Gasteiger partial charge in [0.25, 0.3) is 0 Å². The Balaban J connectivity index is 1.90. The van der Waals surface area contributed by atoms with Crippen molar-refractivity contribution in [3.05, 3.63) is 81.8 Å². The molecule has 1 heterocycles. The smallest absolute Gasteiger partial charge is 0.130 e. The topological polar surface area (TPSA) is 39.2 Å². The van der Waals surface area contributed by atoms with Gasteiger partial charge >= 0.3 is 0 Å². The molecule has 3 aromatic rings. The van der Waals surface area contributed by atoms with Crippen molar-refractivity contribution in [3.63, 3.8) is 0 Å². The zero-order valence-corrected chi connectivity index (χ0v) is 15.0. The molecule has 2 aromatic carbocycles. The Bertz CT molecular complexity index is 991. The molecule has 1 aromatic heterocycles. The van der Waals surface area contributed by atoms with Crippen molar-refractivity contribution in [1.29, 1.82) is 0 Å². The Morgan fingerprint density at radius 3 is 2.60 bits per heavy atom. The summed E-state index contributed by atoms with van der Waals surface area (Å²) in [7, 11) is 0. The molecule has 2 N–H and O–H groups in total. The summed E-state index contributed by atoms with van der Waals surface area (Å²) in [5.74, 6) is 1.93. The average molecular weight is 329 g/mol. The van der Waals surface area contributed by atoms with E-state index in [1.807, 2.05) is 13.0 Å². The minimum absolute atomic E-state index is 0.563. The number of benzene rings is 2. The van der Waals surface area contributed by atoms with Gasteiger partial charge in [0.05, 0.1) is 0 Å². The van der Waals surface area contributed by atoms with Crippen LogP contribution in [0.5, 0.6) is 0 Å². The SMILES string of the molecule is Cc1ccc(C2=Cc3c(cc(C)c(C)c3-c3cccc(CN)c3)C2)o1. The first-order chi connectivity index (χ1) is 12.1. The summed E-state index contributed by atoms with van der Waals surface area (Å²) in [5.41, 5.74) is 16.2. The number of aryl methyl sites for hydroxylation is 2. The number of nitrogens with two attached hydrogens (primary N) is 1. The first-order valence-electron chi connectivity index (χ1n) is 8.76. The van der Waals surface area contributed by atoms with Crippen LogP contribution in [0, 0.1) is 20.8 Å². The Morgan fingerprint density at radius 2 is 1.88 bits per heavy atom. The molecular formula is C23H23NO. The summed E-state index contributed by atoms with van der Waals surface area (Å²) in [6.07, 6.45) is 3.22. The van der Waals surface area contributed by atoms with Crippen LogP contribution in [-0.2, 0) is 13.0 Å². The van der Waals surface area contributed by atoms with Crippen molar-refractivity contribution in [2.75, 3.05) is 0 Å². The molecule has 126 valence electrons. The molecule has 25 heavy (non-hydrogen) atoms. The molecule has 0 aliphatic heterocycles. The molecule has 0 radical (unpaired) electrons. The summed E-state index contributed by atoms with van der Waals surface area (Å²) < 4.78 is 5.86. The normalized spacial score (nSPS) is 13.0. The summed E-state index contributed by atoms with van der Waals surface area (Å²) in [5, 5.41) is 0. The highest BCUT2D eigenvalue weighted by atomic mass is 16.3. The van der Waals surface area contributed by atoms with E-state index in [-0.39, 0.29) is 0 Å². The third-order valence-electron chi connectivity index (χ3n) is 5.18. The molecule has 2 heteroatoms. The van der Waals surface area contributed by atoms with Crippen molar-refractivity contribution in [2.24, 2.45) is 5.73 Å². The highest BCUT2D eigenvalue weighted by Gasteiger charge is 2.22. The lowest BCUT2D eigenvalue weighted by molar-refractivity contribution is 0.521. The maximum Gasteiger partial charge on any atom is 0.130 e. The van der Waals surface area contributed by atoms with Gasteiger partial charge in [-0.25, -0.2) is 0 Å². The second kappa shape index (κ2) is 6.05. The molecule has 0 saturated heterocycles. The van der Waals surface area contributed by atoms with Gasteiger partial charge < -0.3 is 10.2 Å². The molecule has 0 saturated carbocycles. The maximum atomic E-state index is 5.86. The van der Waals surface area contributed by atoms with Crippen LogP contribution < -0.4 is 5.73 Å². The van der Waals surface area contributed by atoms with E-state index in [1.165, 1.54) is 39.0 Å². The first-order valence-corrected chi connectivity index (χ1v) is 8.76. The van der Waals surface area contributed by atoms with Gasteiger partial charge in [0, 0.05) is 13.0 Å². The zero-order chi connectivity index (χ0) is 17.6. The van der Waals surface area contributed by atoms with Crippen LogP contribution in [0.2, 0.25) is 0 Å². The molecule has 0 amide bonds. The van der Waals surface area contributed by atoms with E-state index in [0.29, 0.717) is 6.54 Å². The summed E-state index contributed by atoms with van der Waals surface area (Å²) in [4.78, 5) is 0. The molecule has 0 bridgehead atoms. The molecule has 0 atom stereocenters. The van der Waals surface area contributed by atoms with Gasteiger partial charge in [0.2, 0.25) is 0 Å². The van der Waals surface area contributed by atoms with Gasteiger partial charge in [-0.2, -0.15) is 0 Å². The Hall–Kier alpha value is -2.58. The minimum Gasteiger partial charge on any atom is -0.462 e. The van der Waals surface area contributed by atoms with Crippen LogP contribution in [0.15, 0.2) is 46.9 Å². The number of hydrogen-bond acceptors (Lipinski definition) is 2. The third kappa shape index (κ3) is 2.73. The van der Waals surface area contributed by atoms with Crippen LogP contribution >= 0.6 is 0 Å². The fraction of sp³-hybridized carbons (Fsp3) is 0.217. The predicted molar refractivity (Wildman–Crippen MR) is 104 cm³/mol. The lowest BCUT2D eigenvalue weighted by Crippen LogP contribution is -1.98. The fourth-order valence-electron chi connectivity index (χ4n) is 3.74. The molecule has 0 fully saturated rings.